The van der Waals surface area contributed by atoms with Crippen LogP contribution in [0.15, 0.2) is 48.5 Å². The van der Waals surface area contributed by atoms with E-state index in [4.69, 9.17) is 18.9 Å². The fourth-order valence-corrected chi connectivity index (χ4v) is 3.61. The van der Waals surface area contributed by atoms with E-state index in [1.165, 1.54) is 7.11 Å². The molecule has 1 amide bonds. The molecule has 8 nitrogen and oxygen atoms in total. The Kier molecular flexibility index (Phi) is 11.9. The number of carboxylic acid groups (broad SMARTS) is 1. The zero-order valence-electron chi connectivity index (χ0n) is 21.1. The number of hydrogen-bond acceptors (Lipinski definition) is 6. The van der Waals surface area contributed by atoms with Crippen LogP contribution < -0.4 is 14.2 Å². The van der Waals surface area contributed by atoms with Crippen LogP contribution >= 0.6 is 0 Å². The standard InChI is InChI=1S/C27H37NO7/c1-5-20(6-2)19-28(27(31)35-24-11-9-8-10-23(24)32-4)16-17-34-22-14-12-21(13-15-22)18-25(26(29)30)33-7-3/h8-15,20,25H,5-7,16-19H2,1-4H3,(H,29,30). The fourth-order valence-electron chi connectivity index (χ4n) is 3.61. The number of amides is 1. The summed E-state index contributed by atoms with van der Waals surface area (Å²) in [5.41, 5.74) is 0.842. The highest BCUT2D eigenvalue weighted by molar-refractivity contribution is 5.73. The number of methoxy groups -OCH3 is 1. The summed E-state index contributed by atoms with van der Waals surface area (Å²) in [7, 11) is 1.53. The van der Waals surface area contributed by atoms with Crippen LogP contribution in [0.25, 0.3) is 0 Å². The Morgan fingerprint density at radius 1 is 0.971 bits per heavy atom. The number of para-hydroxylation sites is 2. The van der Waals surface area contributed by atoms with Crippen LogP contribution in [0.5, 0.6) is 17.2 Å². The summed E-state index contributed by atoms with van der Waals surface area (Å²) in [6.45, 7) is 7.54. The number of carbonyl (C=O) groups excluding carboxylic acids is 1. The number of rotatable bonds is 15. The van der Waals surface area contributed by atoms with Crippen LogP contribution in [-0.2, 0) is 16.0 Å². The van der Waals surface area contributed by atoms with Crippen LogP contribution in [0.2, 0.25) is 0 Å². The van der Waals surface area contributed by atoms with Gasteiger partial charge in [-0.25, -0.2) is 9.59 Å². The maximum atomic E-state index is 13.0. The van der Waals surface area contributed by atoms with Gasteiger partial charge in [-0.05, 0) is 42.7 Å². The molecule has 0 spiro atoms. The van der Waals surface area contributed by atoms with Gasteiger partial charge in [0.15, 0.2) is 17.6 Å². The summed E-state index contributed by atoms with van der Waals surface area (Å²) in [4.78, 5) is 25.9. The average molecular weight is 488 g/mol. The molecule has 8 heteroatoms. The molecule has 0 aliphatic carbocycles. The Hall–Kier alpha value is -3.26. The van der Waals surface area contributed by atoms with E-state index in [-0.39, 0.29) is 13.0 Å². The molecule has 0 bridgehead atoms. The number of ether oxygens (including phenoxy) is 4. The maximum absolute atomic E-state index is 13.0. The highest BCUT2D eigenvalue weighted by Crippen LogP contribution is 2.26. The summed E-state index contributed by atoms with van der Waals surface area (Å²) >= 11 is 0. The minimum atomic E-state index is -0.982. The SMILES string of the molecule is CCOC(Cc1ccc(OCCN(CC(CC)CC)C(=O)Oc2ccccc2OC)cc1)C(=O)O. The van der Waals surface area contributed by atoms with Crippen LogP contribution in [0.1, 0.15) is 39.2 Å². The molecule has 2 aromatic carbocycles. The van der Waals surface area contributed by atoms with Gasteiger partial charge in [-0.3, -0.25) is 0 Å². The zero-order valence-corrected chi connectivity index (χ0v) is 21.1. The van der Waals surface area contributed by atoms with Gasteiger partial charge in [-0.1, -0.05) is 51.0 Å². The van der Waals surface area contributed by atoms with Crippen LogP contribution in [0, 0.1) is 5.92 Å². The number of nitrogens with zero attached hydrogens (tertiary/aromatic N) is 1. The Labute approximate surface area is 207 Å². The molecule has 0 fully saturated rings. The predicted molar refractivity (Wildman–Crippen MR) is 133 cm³/mol. The van der Waals surface area contributed by atoms with Gasteiger partial charge in [-0.2, -0.15) is 0 Å². The van der Waals surface area contributed by atoms with Crippen molar-refractivity contribution in [2.75, 3.05) is 33.4 Å². The highest BCUT2D eigenvalue weighted by atomic mass is 16.6. The normalized spacial score (nSPS) is 11.7. The second-order valence-electron chi connectivity index (χ2n) is 8.13. The Morgan fingerprint density at radius 2 is 1.63 bits per heavy atom. The molecular weight excluding hydrogens is 450 g/mol. The first-order valence-corrected chi connectivity index (χ1v) is 12.1. The van der Waals surface area contributed by atoms with E-state index in [0.717, 1.165) is 18.4 Å². The van der Waals surface area contributed by atoms with E-state index in [1.54, 1.807) is 42.2 Å². The van der Waals surface area contributed by atoms with E-state index in [1.807, 2.05) is 18.2 Å². The molecule has 0 aliphatic heterocycles. The topological polar surface area (TPSA) is 94.5 Å². The third-order valence-corrected chi connectivity index (χ3v) is 5.78. The van der Waals surface area contributed by atoms with Gasteiger partial charge >= 0.3 is 12.1 Å². The lowest BCUT2D eigenvalue weighted by molar-refractivity contribution is -0.149. The van der Waals surface area contributed by atoms with E-state index in [0.29, 0.717) is 42.9 Å². The lowest BCUT2D eigenvalue weighted by Gasteiger charge is -2.26. The zero-order chi connectivity index (χ0) is 25.6. The Bertz CT molecular complexity index is 912. The minimum absolute atomic E-state index is 0.279. The van der Waals surface area contributed by atoms with Gasteiger partial charge in [0.05, 0.1) is 13.7 Å². The lowest BCUT2D eigenvalue weighted by Crippen LogP contribution is -2.40. The molecule has 1 atom stereocenters. The van der Waals surface area contributed by atoms with Gasteiger partial charge in [0.25, 0.3) is 0 Å². The molecule has 0 aromatic heterocycles. The maximum Gasteiger partial charge on any atom is 0.415 e. The fraction of sp³-hybridized carbons (Fsp3) is 0.481. The van der Waals surface area contributed by atoms with Gasteiger partial charge in [0.1, 0.15) is 12.4 Å². The van der Waals surface area contributed by atoms with Crippen molar-refractivity contribution >= 4 is 12.1 Å². The number of hydrogen-bond donors (Lipinski definition) is 1. The first kappa shape index (κ1) is 28.0. The van der Waals surface area contributed by atoms with E-state index >= 15 is 0 Å². The first-order chi connectivity index (χ1) is 16.9. The molecule has 35 heavy (non-hydrogen) atoms. The molecule has 192 valence electrons. The third-order valence-electron chi connectivity index (χ3n) is 5.78. The molecule has 0 saturated heterocycles. The molecule has 2 rings (SSSR count). The highest BCUT2D eigenvalue weighted by Gasteiger charge is 2.21. The quantitative estimate of drug-likeness (QED) is 0.376. The predicted octanol–water partition coefficient (Wildman–Crippen LogP) is 5.04. The van der Waals surface area contributed by atoms with Gasteiger partial charge in [-0.15, -0.1) is 0 Å². The summed E-state index contributed by atoms with van der Waals surface area (Å²) < 4.78 is 22.1. The van der Waals surface area contributed by atoms with Crippen molar-refractivity contribution < 1.29 is 33.6 Å². The second-order valence-corrected chi connectivity index (χ2v) is 8.13. The molecule has 0 saturated carbocycles. The minimum Gasteiger partial charge on any atom is -0.493 e. The van der Waals surface area contributed by atoms with Crippen molar-refractivity contribution in [1.29, 1.82) is 0 Å². The monoisotopic (exact) mass is 487 g/mol. The summed E-state index contributed by atoms with van der Waals surface area (Å²) in [6.07, 6.45) is 0.865. The smallest absolute Gasteiger partial charge is 0.415 e. The molecular formula is C27H37NO7. The third kappa shape index (κ3) is 9.13. The number of benzene rings is 2. The van der Waals surface area contributed by atoms with E-state index in [2.05, 4.69) is 13.8 Å². The average Bonchev–Trinajstić information content (AvgIpc) is 2.87. The Balaban J connectivity index is 1.98. The Morgan fingerprint density at radius 3 is 2.20 bits per heavy atom. The van der Waals surface area contributed by atoms with Gasteiger partial charge < -0.3 is 29.0 Å². The molecule has 0 aliphatic rings. The van der Waals surface area contributed by atoms with Crippen LogP contribution in [0.4, 0.5) is 4.79 Å². The first-order valence-electron chi connectivity index (χ1n) is 12.1. The largest absolute Gasteiger partial charge is 0.493 e. The second kappa shape index (κ2) is 14.9. The molecule has 0 heterocycles. The van der Waals surface area contributed by atoms with Gasteiger partial charge in [0, 0.05) is 19.6 Å². The van der Waals surface area contributed by atoms with Crippen LogP contribution in [-0.4, -0.2) is 61.6 Å². The lowest BCUT2D eigenvalue weighted by atomic mass is 10.0. The summed E-state index contributed by atoms with van der Waals surface area (Å²) in [5.74, 6) is 0.876. The van der Waals surface area contributed by atoms with Crippen molar-refractivity contribution in [3.63, 3.8) is 0 Å². The van der Waals surface area contributed by atoms with Gasteiger partial charge in [0.2, 0.25) is 0 Å². The molecule has 2 aromatic rings. The molecule has 1 N–H and O–H groups in total. The number of aliphatic carboxylic acids is 1. The van der Waals surface area contributed by atoms with Crippen molar-refractivity contribution in [2.24, 2.45) is 5.92 Å². The van der Waals surface area contributed by atoms with E-state index < -0.39 is 18.2 Å². The number of carbonyl (C=O) groups is 2. The van der Waals surface area contributed by atoms with Crippen molar-refractivity contribution in [3.05, 3.63) is 54.1 Å². The molecule has 0 radical (unpaired) electrons. The van der Waals surface area contributed by atoms with Crippen molar-refractivity contribution in [2.45, 2.75) is 46.1 Å². The summed E-state index contributed by atoms with van der Waals surface area (Å²) in [5, 5.41) is 9.25. The van der Waals surface area contributed by atoms with Crippen molar-refractivity contribution in [1.82, 2.24) is 4.90 Å². The summed E-state index contributed by atoms with van der Waals surface area (Å²) in [6, 6.07) is 14.3. The number of carboxylic acids is 1. The molecule has 1 unspecified atom stereocenters. The van der Waals surface area contributed by atoms with Crippen molar-refractivity contribution in [3.8, 4) is 17.2 Å². The van der Waals surface area contributed by atoms with E-state index in [9.17, 15) is 14.7 Å². The van der Waals surface area contributed by atoms with Crippen LogP contribution in [0.3, 0.4) is 0 Å².